The minimum absolute atomic E-state index is 0.00394. The molecule has 0 spiro atoms. The van der Waals surface area contributed by atoms with Gasteiger partial charge in [0, 0.05) is 21.1 Å². The lowest BCUT2D eigenvalue weighted by Crippen LogP contribution is -2.45. The minimum Gasteiger partial charge on any atom is -0.394 e. The van der Waals surface area contributed by atoms with Crippen molar-refractivity contribution in [2.45, 2.75) is 25.3 Å². The van der Waals surface area contributed by atoms with E-state index in [1.807, 2.05) is 18.2 Å². The molecular formula is C13H15Br2NO2. The van der Waals surface area contributed by atoms with Crippen LogP contribution in [0.2, 0.25) is 0 Å². The van der Waals surface area contributed by atoms with E-state index in [1.165, 1.54) is 0 Å². The Morgan fingerprint density at radius 1 is 1.28 bits per heavy atom. The Bertz CT molecular complexity index is 430. The first-order chi connectivity index (χ1) is 8.61. The average molecular weight is 377 g/mol. The molecule has 1 N–H and O–H groups in total. The molecule has 1 unspecified atom stereocenters. The summed E-state index contributed by atoms with van der Waals surface area (Å²) in [6.07, 6.45) is 2.98. The number of rotatable bonds is 2. The maximum Gasteiger partial charge on any atom is 0.254 e. The van der Waals surface area contributed by atoms with E-state index >= 15 is 0 Å². The Morgan fingerprint density at radius 3 is 2.56 bits per heavy atom. The molecule has 1 aliphatic heterocycles. The van der Waals surface area contributed by atoms with Crippen LogP contribution >= 0.6 is 31.9 Å². The quantitative estimate of drug-likeness (QED) is 0.860. The van der Waals surface area contributed by atoms with Gasteiger partial charge in [-0.05, 0) is 37.5 Å². The fraction of sp³-hybridized carbons (Fsp3) is 0.462. The fourth-order valence-corrected chi connectivity index (χ4v) is 3.59. The van der Waals surface area contributed by atoms with Crippen molar-refractivity contribution in [3.63, 3.8) is 0 Å². The second-order valence-corrected chi connectivity index (χ2v) is 6.32. The van der Waals surface area contributed by atoms with Gasteiger partial charge >= 0.3 is 0 Å². The predicted molar refractivity (Wildman–Crippen MR) is 77.6 cm³/mol. The highest BCUT2D eigenvalue weighted by atomic mass is 79.9. The van der Waals surface area contributed by atoms with Gasteiger partial charge in [0.15, 0.2) is 0 Å². The van der Waals surface area contributed by atoms with Crippen molar-refractivity contribution in [1.82, 2.24) is 4.90 Å². The van der Waals surface area contributed by atoms with Crippen molar-refractivity contribution < 1.29 is 9.90 Å². The number of halogens is 2. The topological polar surface area (TPSA) is 40.5 Å². The van der Waals surface area contributed by atoms with Crippen LogP contribution in [0.3, 0.4) is 0 Å². The van der Waals surface area contributed by atoms with Gasteiger partial charge in [-0.25, -0.2) is 0 Å². The molecule has 5 heteroatoms. The van der Waals surface area contributed by atoms with Crippen LogP contribution in [0.5, 0.6) is 0 Å². The van der Waals surface area contributed by atoms with Gasteiger partial charge in [-0.2, -0.15) is 0 Å². The molecule has 0 aliphatic carbocycles. The van der Waals surface area contributed by atoms with Gasteiger partial charge in [-0.3, -0.25) is 4.79 Å². The van der Waals surface area contributed by atoms with Crippen LogP contribution in [0.15, 0.2) is 27.1 Å². The van der Waals surface area contributed by atoms with Crippen molar-refractivity contribution >= 4 is 37.8 Å². The van der Waals surface area contributed by atoms with Crippen molar-refractivity contribution in [3.05, 3.63) is 32.7 Å². The summed E-state index contributed by atoms with van der Waals surface area (Å²) in [5.74, 6) is -0.00394. The summed E-state index contributed by atoms with van der Waals surface area (Å²) in [6.45, 7) is 0.773. The number of likely N-dealkylation sites (tertiary alicyclic amines) is 1. The zero-order valence-corrected chi connectivity index (χ0v) is 13.1. The number of benzene rings is 1. The molecule has 1 saturated heterocycles. The number of amides is 1. The summed E-state index contributed by atoms with van der Waals surface area (Å²) in [5.41, 5.74) is 0.650. The molecule has 1 heterocycles. The van der Waals surface area contributed by atoms with E-state index in [2.05, 4.69) is 31.9 Å². The number of aliphatic hydroxyl groups is 1. The van der Waals surface area contributed by atoms with E-state index in [4.69, 9.17) is 0 Å². The van der Waals surface area contributed by atoms with Gasteiger partial charge in [0.1, 0.15) is 0 Å². The monoisotopic (exact) mass is 375 g/mol. The van der Waals surface area contributed by atoms with Crippen molar-refractivity contribution in [1.29, 1.82) is 0 Å². The molecule has 1 aromatic carbocycles. The predicted octanol–water partition coefficient (Wildman–Crippen LogP) is 3.20. The average Bonchev–Trinajstić information content (AvgIpc) is 2.36. The van der Waals surface area contributed by atoms with Gasteiger partial charge < -0.3 is 10.0 Å². The molecule has 1 fully saturated rings. The lowest BCUT2D eigenvalue weighted by atomic mass is 10.0. The van der Waals surface area contributed by atoms with Crippen LogP contribution in [-0.4, -0.2) is 35.1 Å². The molecule has 1 aliphatic rings. The summed E-state index contributed by atoms with van der Waals surface area (Å²) < 4.78 is 1.75. The molecule has 1 amide bonds. The second kappa shape index (κ2) is 6.17. The lowest BCUT2D eigenvalue weighted by Gasteiger charge is -2.34. The largest absolute Gasteiger partial charge is 0.394 e. The van der Waals surface area contributed by atoms with E-state index in [9.17, 15) is 9.90 Å². The van der Waals surface area contributed by atoms with Gasteiger partial charge in [0.05, 0.1) is 12.6 Å². The fourth-order valence-electron chi connectivity index (χ4n) is 2.30. The van der Waals surface area contributed by atoms with Crippen LogP contribution in [0.4, 0.5) is 0 Å². The number of hydrogen-bond donors (Lipinski definition) is 1. The minimum atomic E-state index is -0.0380. The maximum atomic E-state index is 12.4. The second-order valence-electron chi connectivity index (χ2n) is 4.49. The first kappa shape index (κ1) is 14.0. The Hall–Kier alpha value is -0.390. The zero-order chi connectivity index (χ0) is 13.1. The van der Waals surface area contributed by atoms with E-state index in [0.29, 0.717) is 5.56 Å². The van der Waals surface area contributed by atoms with E-state index in [-0.39, 0.29) is 18.6 Å². The number of hydrogen-bond acceptors (Lipinski definition) is 2. The summed E-state index contributed by atoms with van der Waals surface area (Å²) in [4.78, 5) is 14.2. The first-order valence-corrected chi connectivity index (χ1v) is 7.58. The van der Waals surface area contributed by atoms with Crippen molar-refractivity contribution in [2.24, 2.45) is 0 Å². The molecule has 18 heavy (non-hydrogen) atoms. The molecule has 98 valence electrons. The zero-order valence-electron chi connectivity index (χ0n) is 9.90. The number of carbonyl (C=O) groups is 1. The van der Waals surface area contributed by atoms with E-state index in [1.54, 1.807) is 4.90 Å². The Kier molecular flexibility index (Phi) is 4.81. The number of piperidine rings is 1. The third-order valence-corrected chi connectivity index (χ3v) is 4.12. The van der Waals surface area contributed by atoms with Gasteiger partial charge in [-0.1, -0.05) is 31.9 Å². The lowest BCUT2D eigenvalue weighted by molar-refractivity contribution is 0.0503. The molecule has 0 aromatic heterocycles. The molecular weight excluding hydrogens is 362 g/mol. The molecule has 0 bridgehead atoms. The normalized spacial score (nSPS) is 19.9. The van der Waals surface area contributed by atoms with Crippen LogP contribution < -0.4 is 0 Å². The smallest absolute Gasteiger partial charge is 0.254 e. The number of aliphatic hydroxyl groups excluding tert-OH is 1. The summed E-state index contributed by atoms with van der Waals surface area (Å²) >= 11 is 6.77. The third-order valence-electron chi connectivity index (χ3n) is 3.21. The highest BCUT2D eigenvalue weighted by Gasteiger charge is 2.27. The van der Waals surface area contributed by atoms with Gasteiger partial charge in [0.2, 0.25) is 0 Å². The summed E-state index contributed by atoms with van der Waals surface area (Å²) in [7, 11) is 0. The number of carbonyl (C=O) groups excluding carboxylic acids is 1. The molecule has 1 aromatic rings. The van der Waals surface area contributed by atoms with Crippen molar-refractivity contribution in [2.75, 3.05) is 13.2 Å². The highest BCUT2D eigenvalue weighted by Crippen LogP contribution is 2.24. The summed E-state index contributed by atoms with van der Waals surface area (Å²) in [6, 6.07) is 5.49. The van der Waals surface area contributed by atoms with Crippen LogP contribution in [0, 0.1) is 0 Å². The highest BCUT2D eigenvalue weighted by molar-refractivity contribution is 9.11. The van der Waals surface area contributed by atoms with Gasteiger partial charge in [0.25, 0.3) is 5.91 Å². The van der Waals surface area contributed by atoms with Crippen LogP contribution in [-0.2, 0) is 0 Å². The Balaban J connectivity index is 2.23. The molecule has 0 saturated carbocycles. The first-order valence-electron chi connectivity index (χ1n) is 5.99. The van der Waals surface area contributed by atoms with Gasteiger partial charge in [-0.15, -0.1) is 0 Å². The third kappa shape index (κ3) is 3.13. The maximum absolute atomic E-state index is 12.4. The van der Waals surface area contributed by atoms with Crippen LogP contribution in [0.25, 0.3) is 0 Å². The SMILES string of the molecule is O=C(c1cc(Br)cc(Br)c1)N1CCCCC1CO. The molecule has 0 radical (unpaired) electrons. The van der Waals surface area contributed by atoms with Crippen LogP contribution in [0.1, 0.15) is 29.6 Å². The standard InChI is InChI=1S/C13H15Br2NO2/c14-10-5-9(6-11(15)7-10)13(18)16-4-2-1-3-12(16)8-17/h5-7,12,17H,1-4,8H2. The number of nitrogens with zero attached hydrogens (tertiary/aromatic N) is 1. The van der Waals surface area contributed by atoms with E-state index < -0.39 is 0 Å². The molecule has 3 nitrogen and oxygen atoms in total. The molecule has 1 atom stereocenters. The van der Waals surface area contributed by atoms with Crippen molar-refractivity contribution in [3.8, 4) is 0 Å². The summed E-state index contributed by atoms with van der Waals surface area (Å²) in [5, 5.41) is 9.35. The molecule has 2 rings (SSSR count). The Labute approximate surface area is 123 Å². The Morgan fingerprint density at radius 2 is 1.94 bits per heavy atom. The van der Waals surface area contributed by atoms with E-state index in [0.717, 1.165) is 34.8 Å².